The van der Waals surface area contributed by atoms with Gasteiger partial charge in [0.05, 0.1) is 12.2 Å². The lowest BCUT2D eigenvalue weighted by Crippen LogP contribution is -2.19. The molecular weight excluding hydrogens is 286 g/mol. The highest BCUT2D eigenvalue weighted by atomic mass is 32.1. The van der Waals surface area contributed by atoms with Gasteiger partial charge in [0.1, 0.15) is 5.00 Å². The van der Waals surface area contributed by atoms with Crippen LogP contribution in [0.15, 0.2) is 5.38 Å². The molecule has 0 spiro atoms. The normalized spacial score (nSPS) is 19.1. The van der Waals surface area contributed by atoms with E-state index in [4.69, 9.17) is 4.74 Å². The van der Waals surface area contributed by atoms with E-state index in [0.29, 0.717) is 17.2 Å². The first-order valence-corrected chi connectivity index (χ1v) is 8.08. The molecule has 4 nitrogen and oxygen atoms in total. The zero-order valence-corrected chi connectivity index (χ0v) is 14.3. The van der Waals surface area contributed by atoms with Crippen LogP contribution in [0.4, 0.5) is 5.00 Å². The largest absolute Gasteiger partial charge is 0.462 e. The summed E-state index contributed by atoms with van der Waals surface area (Å²) in [6, 6.07) is 0. The smallest absolute Gasteiger partial charge is 0.341 e. The fourth-order valence-electron chi connectivity index (χ4n) is 3.03. The zero-order chi connectivity index (χ0) is 16.0. The topological polar surface area (TPSA) is 55.4 Å². The van der Waals surface area contributed by atoms with E-state index in [1.807, 2.05) is 12.3 Å². The van der Waals surface area contributed by atoms with Crippen molar-refractivity contribution in [2.75, 3.05) is 11.9 Å². The molecule has 0 saturated heterocycles. The first-order chi connectivity index (χ1) is 9.64. The van der Waals surface area contributed by atoms with Gasteiger partial charge in [0.25, 0.3) is 0 Å². The predicted octanol–water partition coefficient (Wildman–Crippen LogP) is 3.85. The fraction of sp³-hybridized carbons (Fsp3) is 0.625. The number of esters is 1. The van der Waals surface area contributed by atoms with Crippen LogP contribution in [0.5, 0.6) is 0 Å². The van der Waals surface area contributed by atoms with E-state index < -0.39 is 0 Å². The summed E-state index contributed by atoms with van der Waals surface area (Å²) in [6.45, 7) is 12.3. The Morgan fingerprint density at radius 1 is 1.29 bits per heavy atom. The first kappa shape index (κ1) is 16.0. The molecule has 0 atom stereocenters. The van der Waals surface area contributed by atoms with Gasteiger partial charge in [-0.25, -0.2) is 4.79 Å². The third-order valence-corrected chi connectivity index (χ3v) is 5.99. The van der Waals surface area contributed by atoms with Crippen LogP contribution in [-0.4, -0.2) is 18.5 Å². The molecule has 0 bridgehead atoms. The summed E-state index contributed by atoms with van der Waals surface area (Å²) < 4.78 is 5.06. The summed E-state index contributed by atoms with van der Waals surface area (Å²) >= 11 is 1.37. The quantitative estimate of drug-likeness (QED) is 0.859. The molecule has 1 aromatic rings. The number of rotatable bonds is 4. The summed E-state index contributed by atoms with van der Waals surface area (Å²) in [6.07, 6.45) is 0. The van der Waals surface area contributed by atoms with Crippen molar-refractivity contribution in [3.8, 4) is 0 Å². The Balaban J connectivity index is 2.19. The molecule has 0 unspecified atom stereocenters. The maximum Gasteiger partial charge on any atom is 0.341 e. The van der Waals surface area contributed by atoms with Gasteiger partial charge < -0.3 is 10.1 Å². The van der Waals surface area contributed by atoms with Crippen LogP contribution < -0.4 is 5.32 Å². The van der Waals surface area contributed by atoms with Crippen molar-refractivity contribution in [3.63, 3.8) is 0 Å². The molecule has 1 amide bonds. The fourth-order valence-corrected chi connectivity index (χ4v) is 3.96. The van der Waals surface area contributed by atoms with Gasteiger partial charge in [-0.2, -0.15) is 0 Å². The molecule has 1 N–H and O–H groups in total. The first-order valence-electron chi connectivity index (χ1n) is 7.20. The lowest BCUT2D eigenvalue weighted by Gasteiger charge is -2.08. The Morgan fingerprint density at radius 2 is 1.86 bits per heavy atom. The van der Waals surface area contributed by atoms with Crippen molar-refractivity contribution in [2.45, 2.75) is 41.5 Å². The highest BCUT2D eigenvalue weighted by Crippen LogP contribution is 2.68. The number of carbonyl (C=O) groups is 2. The standard InChI is InChI=1S/C16H23NO3S/c1-7-20-14(19)10-9(2)8-21-13(10)17-12(18)11-15(3,4)16(11,5)6/h8,11H,7H2,1-6H3,(H,17,18). The molecular formula is C16H23NO3S. The number of hydrogen-bond acceptors (Lipinski definition) is 4. The minimum atomic E-state index is -0.374. The van der Waals surface area contributed by atoms with Crippen molar-refractivity contribution in [1.82, 2.24) is 0 Å². The number of hydrogen-bond donors (Lipinski definition) is 1. The maximum atomic E-state index is 12.5. The second kappa shape index (κ2) is 5.13. The van der Waals surface area contributed by atoms with Crippen LogP contribution in [-0.2, 0) is 9.53 Å². The van der Waals surface area contributed by atoms with E-state index in [2.05, 4.69) is 33.0 Å². The molecule has 21 heavy (non-hydrogen) atoms. The van der Waals surface area contributed by atoms with E-state index in [-0.39, 0.29) is 28.6 Å². The van der Waals surface area contributed by atoms with Crippen molar-refractivity contribution < 1.29 is 14.3 Å². The molecule has 0 aromatic carbocycles. The van der Waals surface area contributed by atoms with Gasteiger partial charge in [0.15, 0.2) is 0 Å². The van der Waals surface area contributed by atoms with Gasteiger partial charge >= 0.3 is 5.97 Å². The minimum Gasteiger partial charge on any atom is -0.462 e. The molecule has 1 aliphatic carbocycles. The lowest BCUT2D eigenvalue weighted by molar-refractivity contribution is -0.118. The van der Waals surface area contributed by atoms with Crippen LogP contribution in [0.25, 0.3) is 0 Å². The third kappa shape index (κ3) is 2.48. The van der Waals surface area contributed by atoms with Crippen LogP contribution in [0, 0.1) is 23.7 Å². The molecule has 1 aliphatic rings. The summed E-state index contributed by atoms with van der Waals surface area (Å²) in [5.41, 5.74) is 1.27. The number of amides is 1. The number of ether oxygens (including phenoxy) is 1. The molecule has 1 heterocycles. The Labute approximate surface area is 129 Å². The summed E-state index contributed by atoms with van der Waals surface area (Å²) in [7, 11) is 0. The van der Waals surface area contributed by atoms with Crippen molar-refractivity contribution in [1.29, 1.82) is 0 Å². The average Bonchev–Trinajstić information content (AvgIpc) is 2.63. The number of aryl methyl sites for hydroxylation is 1. The zero-order valence-electron chi connectivity index (χ0n) is 13.5. The minimum absolute atomic E-state index is 0.0163. The number of thiophene rings is 1. The number of nitrogens with one attached hydrogen (secondary N) is 1. The van der Waals surface area contributed by atoms with Gasteiger partial charge in [0.2, 0.25) is 5.91 Å². The SMILES string of the molecule is CCOC(=O)c1c(C)csc1NC(=O)C1C(C)(C)C1(C)C. The Hall–Kier alpha value is -1.36. The summed E-state index contributed by atoms with van der Waals surface area (Å²) in [5, 5.41) is 5.38. The van der Waals surface area contributed by atoms with E-state index >= 15 is 0 Å². The van der Waals surface area contributed by atoms with Gasteiger partial charge in [-0.15, -0.1) is 11.3 Å². The van der Waals surface area contributed by atoms with Gasteiger partial charge in [-0.3, -0.25) is 4.79 Å². The number of carbonyl (C=O) groups excluding carboxylic acids is 2. The van der Waals surface area contributed by atoms with Crippen LogP contribution in [0.1, 0.15) is 50.5 Å². The summed E-state index contributed by atoms with van der Waals surface area (Å²) in [4.78, 5) is 24.5. The second-order valence-electron chi connectivity index (χ2n) is 6.71. The van der Waals surface area contributed by atoms with Gasteiger partial charge in [0, 0.05) is 5.92 Å². The molecule has 1 fully saturated rings. The average molecular weight is 309 g/mol. The third-order valence-electron chi connectivity index (χ3n) is 4.97. The predicted molar refractivity (Wildman–Crippen MR) is 84.7 cm³/mol. The van der Waals surface area contributed by atoms with E-state index in [1.165, 1.54) is 11.3 Å². The lowest BCUT2D eigenvalue weighted by atomic mass is 10.0. The van der Waals surface area contributed by atoms with Crippen molar-refractivity contribution >= 4 is 28.2 Å². The Morgan fingerprint density at radius 3 is 2.33 bits per heavy atom. The number of anilines is 1. The van der Waals surface area contributed by atoms with Gasteiger partial charge in [-0.1, -0.05) is 27.7 Å². The molecule has 116 valence electrons. The highest BCUT2D eigenvalue weighted by Gasteiger charge is 2.68. The molecule has 2 rings (SSSR count). The van der Waals surface area contributed by atoms with Gasteiger partial charge in [-0.05, 0) is 35.6 Å². The Kier molecular flexibility index (Phi) is 3.91. The molecule has 5 heteroatoms. The monoisotopic (exact) mass is 309 g/mol. The van der Waals surface area contributed by atoms with E-state index in [0.717, 1.165) is 5.56 Å². The second-order valence-corrected chi connectivity index (χ2v) is 7.59. The molecule has 1 aromatic heterocycles. The molecule has 1 saturated carbocycles. The van der Waals surface area contributed by atoms with Crippen molar-refractivity contribution in [2.24, 2.45) is 16.7 Å². The van der Waals surface area contributed by atoms with Crippen molar-refractivity contribution in [3.05, 3.63) is 16.5 Å². The van der Waals surface area contributed by atoms with Crippen LogP contribution in [0.3, 0.4) is 0 Å². The Bertz CT molecular complexity index is 572. The molecule has 0 aliphatic heterocycles. The van der Waals surface area contributed by atoms with Crippen LogP contribution in [0.2, 0.25) is 0 Å². The summed E-state index contributed by atoms with van der Waals surface area (Å²) in [5.74, 6) is -0.430. The van der Waals surface area contributed by atoms with Crippen LogP contribution >= 0.6 is 11.3 Å². The van der Waals surface area contributed by atoms with E-state index in [1.54, 1.807) is 6.92 Å². The highest BCUT2D eigenvalue weighted by molar-refractivity contribution is 7.15. The maximum absolute atomic E-state index is 12.5. The molecule has 0 radical (unpaired) electrons. The van der Waals surface area contributed by atoms with E-state index in [9.17, 15) is 9.59 Å².